The molecule has 0 aliphatic rings. The van der Waals surface area contributed by atoms with E-state index in [1.54, 1.807) is 11.6 Å². The third kappa shape index (κ3) is 1.09. The van der Waals surface area contributed by atoms with E-state index in [4.69, 9.17) is 17.3 Å². The van der Waals surface area contributed by atoms with Gasteiger partial charge in [0.2, 0.25) is 0 Å². The first-order valence-electron chi connectivity index (χ1n) is 4.15. The Balaban J connectivity index is 2.95. The maximum Gasteiger partial charge on any atom is 0.252 e. The summed E-state index contributed by atoms with van der Waals surface area (Å²) in [5.74, 6) is -0.494. The molecule has 2 aromatic rings. The number of para-hydroxylation sites is 1. The Hall–Kier alpha value is -1.48. The van der Waals surface area contributed by atoms with Crippen LogP contribution in [0.4, 0.5) is 0 Å². The van der Waals surface area contributed by atoms with Gasteiger partial charge >= 0.3 is 0 Å². The van der Waals surface area contributed by atoms with E-state index in [0.29, 0.717) is 10.7 Å². The largest absolute Gasteiger partial charge is 0.365 e. The van der Waals surface area contributed by atoms with E-state index in [-0.39, 0.29) is 0 Å². The summed E-state index contributed by atoms with van der Waals surface area (Å²) < 4.78 is 1.75. The van der Waals surface area contributed by atoms with E-state index in [1.807, 2.05) is 24.3 Å². The Labute approximate surface area is 86.1 Å². The maximum absolute atomic E-state index is 11.2. The highest BCUT2D eigenvalue weighted by Gasteiger charge is 2.16. The summed E-state index contributed by atoms with van der Waals surface area (Å²) in [6.45, 7) is 0. The molecule has 72 valence electrons. The van der Waals surface area contributed by atoms with Crippen molar-refractivity contribution in [1.29, 1.82) is 0 Å². The number of halogens is 1. The molecule has 0 bridgehead atoms. The number of carbonyl (C=O) groups excluding carboxylic acids is 1. The first-order chi connectivity index (χ1) is 6.63. The van der Waals surface area contributed by atoms with Gasteiger partial charge in [-0.05, 0) is 6.07 Å². The summed E-state index contributed by atoms with van der Waals surface area (Å²) in [6, 6.07) is 7.48. The summed E-state index contributed by atoms with van der Waals surface area (Å²) in [6.07, 6.45) is 0. The van der Waals surface area contributed by atoms with E-state index in [2.05, 4.69) is 0 Å². The second-order valence-electron chi connectivity index (χ2n) is 3.11. The minimum Gasteiger partial charge on any atom is -0.365 e. The number of fused-ring (bicyclic) bond motifs is 1. The number of nitrogens with zero attached hydrogens (tertiary/aromatic N) is 1. The topological polar surface area (TPSA) is 48.0 Å². The van der Waals surface area contributed by atoms with Crippen LogP contribution in [0.3, 0.4) is 0 Å². The zero-order chi connectivity index (χ0) is 10.3. The summed E-state index contributed by atoms with van der Waals surface area (Å²) in [4.78, 5) is 11.2. The van der Waals surface area contributed by atoms with Crippen LogP contribution < -0.4 is 5.73 Å². The van der Waals surface area contributed by atoms with Crippen LogP contribution in [-0.4, -0.2) is 10.5 Å². The molecule has 0 atom stereocenters. The predicted octanol–water partition coefficient (Wildman–Crippen LogP) is 1.93. The molecule has 2 rings (SSSR count). The molecule has 0 aliphatic carbocycles. The molecular formula is C10H9ClN2O. The average molecular weight is 209 g/mol. The first-order valence-corrected chi connectivity index (χ1v) is 4.53. The number of hydrogen-bond acceptors (Lipinski definition) is 1. The van der Waals surface area contributed by atoms with Crippen molar-refractivity contribution in [3.05, 3.63) is 35.0 Å². The number of nitrogens with two attached hydrogens (primary N) is 1. The van der Waals surface area contributed by atoms with Gasteiger partial charge in [-0.3, -0.25) is 4.79 Å². The number of primary amides is 1. The van der Waals surface area contributed by atoms with Crippen molar-refractivity contribution in [2.24, 2.45) is 12.8 Å². The minimum absolute atomic E-state index is 0.388. The zero-order valence-corrected chi connectivity index (χ0v) is 8.38. The predicted molar refractivity (Wildman–Crippen MR) is 56.4 cm³/mol. The fraction of sp³-hybridized carbons (Fsp3) is 0.100. The van der Waals surface area contributed by atoms with Crippen LogP contribution in [0.2, 0.25) is 5.15 Å². The SMILES string of the molecule is Cn1c(Cl)c(C(N)=O)c2ccccc21. The average Bonchev–Trinajstić information content (AvgIpc) is 2.41. The lowest BCUT2D eigenvalue weighted by Gasteiger charge is -1.95. The number of amides is 1. The van der Waals surface area contributed by atoms with Crippen LogP contribution in [-0.2, 0) is 7.05 Å². The van der Waals surface area contributed by atoms with Crippen LogP contribution in [0.25, 0.3) is 10.9 Å². The van der Waals surface area contributed by atoms with Gasteiger partial charge in [0, 0.05) is 18.0 Å². The smallest absolute Gasteiger partial charge is 0.252 e. The fourth-order valence-electron chi connectivity index (χ4n) is 1.60. The quantitative estimate of drug-likeness (QED) is 0.765. The van der Waals surface area contributed by atoms with Crippen molar-refractivity contribution < 1.29 is 4.79 Å². The van der Waals surface area contributed by atoms with Crippen LogP contribution in [0.15, 0.2) is 24.3 Å². The highest BCUT2D eigenvalue weighted by molar-refractivity contribution is 6.35. The summed E-state index contributed by atoms with van der Waals surface area (Å²) in [7, 11) is 1.80. The number of rotatable bonds is 1. The maximum atomic E-state index is 11.2. The van der Waals surface area contributed by atoms with E-state index < -0.39 is 5.91 Å². The second kappa shape index (κ2) is 3.03. The fourth-order valence-corrected chi connectivity index (χ4v) is 1.88. The number of benzene rings is 1. The van der Waals surface area contributed by atoms with Gasteiger partial charge in [0.25, 0.3) is 5.91 Å². The Kier molecular flexibility index (Phi) is 1.97. The van der Waals surface area contributed by atoms with Crippen molar-refractivity contribution in [3.63, 3.8) is 0 Å². The number of aromatic nitrogens is 1. The van der Waals surface area contributed by atoms with Crippen molar-refractivity contribution >= 4 is 28.4 Å². The lowest BCUT2D eigenvalue weighted by atomic mass is 10.2. The van der Waals surface area contributed by atoms with Crippen molar-refractivity contribution in [3.8, 4) is 0 Å². The van der Waals surface area contributed by atoms with Gasteiger partial charge < -0.3 is 10.3 Å². The Bertz CT molecular complexity index is 516. The van der Waals surface area contributed by atoms with Crippen LogP contribution in [0, 0.1) is 0 Å². The monoisotopic (exact) mass is 208 g/mol. The van der Waals surface area contributed by atoms with Gasteiger partial charge in [-0.1, -0.05) is 29.8 Å². The molecular weight excluding hydrogens is 200 g/mol. The third-order valence-corrected chi connectivity index (χ3v) is 2.72. The molecule has 14 heavy (non-hydrogen) atoms. The van der Waals surface area contributed by atoms with Gasteiger partial charge in [-0.2, -0.15) is 0 Å². The molecule has 0 fully saturated rings. The van der Waals surface area contributed by atoms with Gasteiger partial charge in [0.1, 0.15) is 5.15 Å². The third-order valence-electron chi connectivity index (χ3n) is 2.28. The lowest BCUT2D eigenvalue weighted by molar-refractivity contribution is 0.100. The van der Waals surface area contributed by atoms with Crippen LogP contribution in [0.1, 0.15) is 10.4 Å². The number of hydrogen-bond donors (Lipinski definition) is 1. The second-order valence-corrected chi connectivity index (χ2v) is 3.46. The van der Waals surface area contributed by atoms with Gasteiger partial charge in [-0.15, -0.1) is 0 Å². The van der Waals surface area contributed by atoms with E-state index in [9.17, 15) is 4.79 Å². The van der Waals surface area contributed by atoms with Crippen molar-refractivity contribution in [2.45, 2.75) is 0 Å². The number of aryl methyl sites for hydroxylation is 1. The Morgan fingerprint density at radius 3 is 2.71 bits per heavy atom. The van der Waals surface area contributed by atoms with E-state index >= 15 is 0 Å². The molecule has 0 aliphatic heterocycles. The van der Waals surface area contributed by atoms with Gasteiger partial charge in [0.05, 0.1) is 5.56 Å². The molecule has 1 heterocycles. The van der Waals surface area contributed by atoms with E-state index in [1.165, 1.54) is 0 Å². The molecule has 1 amide bonds. The highest BCUT2D eigenvalue weighted by atomic mass is 35.5. The Morgan fingerprint density at radius 2 is 2.07 bits per heavy atom. The molecule has 4 heteroatoms. The van der Waals surface area contributed by atoms with Gasteiger partial charge in [-0.25, -0.2) is 0 Å². The highest BCUT2D eigenvalue weighted by Crippen LogP contribution is 2.28. The zero-order valence-electron chi connectivity index (χ0n) is 7.62. The molecule has 0 saturated carbocycles. The standard InChI is InChI=1S/C10H9ClN2O/c1-13-7-5-3-2-4-6(7)8(9(13)11)10(12)14/h2-5H,1H3,(H2,12,14). The van der Waals surface area contributed by atoms with E-state index in [0.717, 1.165) is 10.9 Å². The van der Waals surface area contributed by atoms with Crippen LogP contribution >= 0.6 is 11.6 Å². The molecule has 0 unspecified atom stereocenters. The summed E-state index contributed by atoms with van der Waals surface area (Å²) in [5.41, 5.74) is 6.56. The number of carbonyl (C=O) groups is 1. The summed E-state index contributed by atoms with van der Waals surface area (Å²) in [5, 5.41) is 1.19. The molecule has 2 N–H and O–H groups in total. The first kappa shape index (κ1) is 9.09. The van der Waals surface area contributed by atoms with Crippen LogP contribution in [0.5, 0.6) is 0 Å². The molecule has 0 saturated heterocycles. The van der Waals surface area contributed by atoms with Gasteiger partial charge in [0.15, 0.2) is 0 Å². The molecule has 3 nitrogen and oxygen atoms in total. The van der Waals surface area contributed by atoms with Crippen molar-refractivity contribution in [2.75, 3.05) is 0 Å². The molecule has 0 spiro atoms. The Morgan fingerprint density at radius 1 is 1.43 bits per heavy atom. The molecule has 1 aromatic heterocycles. The molecule has 0 radical (unpaired) electrons. The molecule has 1 aromatic carbocycles. The van der Waals surface area contributed by atoms with Crippen molar-refractivity contribution in [1.82, 2.24) is 4.57 Å². The minimum atomic E-state index is -0.494. The normalized spacial score (nSPS) is 10.7. The lowest BCUT2D eigenvalue weighted by Crippen LogP contribution is -2.11. The summed E-state index contributed by atoms with van der Waals surface area (Å²) >= 11 is 5.99.